The van der Waals surface area contributed by atoms with E-state index in [1.165, 1.54) is 17.3 Å². The maximum atomic E-state index is 13.8. The number of H-pyrrole nitrogens is 1. The van der Waals surface area contributed by atoms with Gasteiger partial charge in [-0.2, -0.15) is 4.98 Å². The van der Waals surface area contributed by atoms with Crippen LogP contribution in [0.3, 0.4) is 0 Å². The number of nitrogens with one attached hydrogen (secondary N) is 1. The van der Waals surface area contributed by atoms with E-state index in [1.807, 2.05) is 17.0 Å². The maximum Gasteiger partial charge on any atom is 0.227 e. The largest absolute Gasteiger partial charge is 0.357 e. The lowest BCUT2D eigenvalue weighted by Crippen LogP contribution is -2.35. The Morgan fingerprint density at radius 3 is 3.03 bits per heavy atom. The summed E-state index contributed by atoms with van der Waals surface area (Å²) >= 11 is 3.59. The Labute approximate surface area is 186 Å². The van der Waals surface area contributed by atoms with E-state index in [9.17, 15) is 9.18 Å². The first kappa shape index (κ1) is 19.9. The summed E-state index contributed by atoms with van der Waals surface area (Å²) in [4.78, 5) is 22.5. The van der Waals surface area contributed by atoms with Crippen molar-refractivity contribution < 1.29 is 13.7 Å². The zero-order valence-corrected chi connectivity index (χ0v) is 18.5. The van der Waals surface area contributed by atoms with Gasteiger partial charge < -0.3 is 14.4 Å². The highest BCUT2D eigenvalue weighted by Gasteiger charge is 2.25. The molecule has 0 aliphatic carbocycles. The maximum absolute atomic E-state index is 13.8. The number of hydrogen-bond acceptors (Lipinski definition) is 4. The Hall–Kier alpha value is -3.00. The standard InChI is InChI=1S/C23H20BrFN4O2/c1-13-5-6-14(11-18(13)25)23-27-20(31-28-23)7-8-21(30)29-10-9-19-16(12-29)15-3-2-4-17(24)22(15)26-19/h2-6,11,26H,7-10,12H2,1H3. The van der Waals surface area contributed by atoms with Crippen LogP contribution < -0.4 is 0 Å². The fraction of sp³-hybridized carbons (Fsp3) is 0.261. The molecule has 4 aromatic rings. The molecule has 1 N–H and O–H groups in total. The molecule has 0 fully saturated rings. The molecule has 0 spiro atoms. The smallest absolute Gasteiger partial charge is 0.227 e. The van der Waals surface area contributed by atoms with E-state index in [-0.39, 0.29) is 18.1 Å². The van der Waals surface area contributed by atoms with Crippen LogP contribution in [0.4, 0.5) is 4.39 Å². The summed E-state index contributed by atoms with van der Waals surface area (Å²) in [6.07, 6.45) is 1.43. The van der Waals surface area contributed by atoms with Crippen molar-refractivity contribution in [3.05, 3.63) is 69.4 Å². The van der Waals surface area contributed by atoms with E-state index in [4.69, 9.17) is 4.52 Å². The normalized spacial score (nSPS) is 13.6. The first-order chi connectivity index (χ1) is 15.0. The Kier molecular flexibility index (Phi) is 5.09. The quantitative estimate of drug-likeness (QED) is 0.446. The monoisotopic (exact) mass is 482 g/mol. The summed E-state index contributed by atoms with van der Waals surface area (Å²) in [6, 6.07) is 10.9. The topological polar surface area (TPSA) is 75.0 Å². The van der Waals surface area contributed by atoms with Crippen LogP contribution >= 0.6 is 15.9 Å². The summed E-state index contributed by atoms with van der Waals surface area (Å²) in [7, 11) is 0. The number of nitrogens with zero attached hydrogens (tertiary/aromatic N) is 3. The second-order valence-corrected chi connectivity index (χ2v) is 8.64. The lowest BCUT2D eigenvalue weighted by Gasteiger charge is -2.27. The molecule has 0 radical (unpaired) electrons. The van der Waals surface area contributed by atoms with E-state index in [0.29, 0.717) is 42.4 Å². The molecule has 1 aliphatic heterocycles. The van der Waals surface area contributed by atoms with E-state index in [2.05, 4.69) is 37.1 Å². The zero-order chi connectivity index (χ0) is 21.5. The fourth-order valence-electron chi connectivity index (χ4n) is 3.99. The molecule has 2 aromatic heterocycles. The molecule has 31 heavy (non-hydrogen) atoms. The molecule has 1 aliphatic rings. The van der Waals surface area contributed by atoms with Gasteiger partial charge in [0.25, 0.3) is 0 Å². The number of halogens is 2. The average molecular weight is 483 g/mol. The lowest BCUT2D eigenvalue weighted by molar-refractivity contribution is -0.132. The number of aryl methyl sites for hydroxylation is 2. The molecular weight excluding hydrogens is 463 g/mol. The van der Waals surface area contributed by atoms with Crippen molar-refractivity contribution in [3.8, 4) is 11.4 Å². The van der Waals surface area contributed by atoms with Crippen LogP contribution in [-0.4, -0.2) is 32.5 Å². The fourth-order valence-corrected chi connectivity index (χ4v) is 4.46. The van der Waals surface area contributed by atoms with Gasteiger partial charge in [-0.1, -0.05) is 29.4 Å². The molecule has 5 rings (SSSR count). The van der Waals surface area contributed by atoms with Gasteiger partial charge in [-0.05, 0) is 40.5 Å². The zero-order valence-electron chi connectivity index (χ0n) is 16.9. The summed E-state index contributed by atoms with van der Waals surface area (Å²) in [6.45, 7) is 2.96. The second kappa shape index (κ2) is 7.92. The molecule has 0 atom stereocenters. The molecule has 1 amide bonds. The summed E-state index contributed by atoms with van der Waals surface area (Å²) in [5.41, 5.74) is 4.56. The molecule has 0 unspecified atom stereocenters. The number of carbonyl (C=O) groups is 1. The van der Waals surface area contributed by atoms with Crippen LogP contribution in [0.2, 0.25) is 0 Å². The van der Waals surface area contributed by atoms with Crippen LogP contribution in [0.1, 0.15) is 29.1 Å². The van der Waals surface area contributed by atoms with Gasteiger partial charge in [-0.25, -0.2) is 4.39 Å². The van der Waals surface area contributed by atoms with Crippen molar-refractivity contribution in [2.75, 3.05) is 6.54 Å². The highest BCUT2D eigenvalue weighted by molar-refractivity contribution is 9.10. The van der Waals surface area contributed by atoms with E-state index < -0.39 is 0 Å². The number of aromatic nitrogens is 3. The van der Waals surface area contributed by atoms with Gasteiger partial charge in [0.2, 0.25) is 17.6 Å². The number of amides is 1. The number of fused-ring (bicyclic) bond motifs is 3. The van der Waals surface area contributed by atoms with Crippen molar-refractivity contribution in [1.82, 2.24) is 20.0 Å². The van der Waals surface area contributed by atoms with Crippen LogP contribution in [-0.2, 0) is 24.2 Å². The summed E-state index contributed by atoms with van der Waals surface area (Å²) in [5, 5.41) is 5.07. The minimum absolute atomic E-state index is 0.0520. The third-order valence-electron chi connectivity index (χ3n) is 5.76. The van der Waals surface area contributed by atoms with E-state index >= 15 is 0 Å². The SMILES string of the molecule is Cc1ccc(-c2noc(CCC(=O)N3CCc4[nH]c5c(Br)cccc5c4C3)n2)cc1F. The van der Waals surface area contributed by atoms with Gasteiger partial charge in [-0.15, -0.1) is 0 Å². The Morgan fingerprint density at radius 1 is 1.32 bits per heavy atom. The van der Waals surface area contributed by atoms with Gasteiger partial charge >= 0.3 is 0 Å². The third-order valence-corrected chi connectivity index (χ3v) is 6.42. The predicted octanol–water partition coefficient (Wildman–Crippen LogP) is 4.95. The molecule has 0 saturated heterocycles. The molecule has 0 saturated carbocycles. The van der Waals surface area contributed by atoms with Gasteiger partial charge in [0.15, 0.2) is 0 Å². The first-order valence-corrected chi connectivity index (χ1v) is 10.9. The predicted molar refractivity (Wildman–Crippen MR) is 118 cm³/mol. The molecule has 2 aromatic carbocycles. The number of benzene rings is 2. The van der Waals surface area contributed by atoms with Crippen LogP contribution in [0, 0.1) is 12.7 Å². The molecule has 6 nitrogen and oxygen atoms in total. The number of aromatic amines is 1. The molecule has 0 bridgehead atoms. The van der Waals surface area contributed by atoms with Crippen LogP contribution in [0.25, 0.3) is 22.3 Å². The summed E-state index contributed by atoms with van der Waals surface area (Å²) in [5.74, 6) is 0.440. The Balaban J connectivity index is 1.26. The van der Waals surface area contributed by atoms with E-state index in [1.54, 1.807) is 19.1 Å². The Morgan fingerprint density at radius 2 is 2.19 bits per heavy atom. The minimum Gasteiger partial charge on any atom is -0.357 e. The highest BCUT2D eigenvalue weighted by atomic mass is 79.9. The number of carbonyl (C=O) groups excluding carboxylic acids is 1. The molecule has 3 heterocycles. The van der Waals surface area contributed by atoms with Crippen molar-refractivity contribution in [2.45, 2.75) is 32.7 Å². The third kappa shape index (κ3) is 3.76. The van der Waals surface area contributed by atoms with Gasteiger partial charge in [0.1, 0.15) is 5.82 Å². The van der Waals surface area contributed by atoms with Crippen molar-refractivity contribution in [3.63, 3.8) is 0 Å². The average Bonchev–Trinajstić information content (AvgIpc) is 3.39. The molecule has 8 heteroatoms. The van der Waals surface area contributed by atoms with Crippen LogP contribution in [0.15, 0.2) is 45.4 Å². The van der Waals surface area contributed by atoms with E-state index in [0.717, 1.165) is 21.8 Å². The molecular formula is C23H20BrFN4O2. The molecule has 158 valence electrons. The lowest BCUT2D eigenvalue weighted by atomic mass is 10.0. The first-order valence-electron chi connectivity index (χ1n) is 10.1. The van der Waals surface area contributed by atoms with Crippen molar-refractivity contribution >= 4 is 32.7 Å². The Bertz CT molecular complexity index is 1300. The van der Waals surface area contributed by atoms with Crippen molar-refractivity contribution in [1.29, 1.82) is 0 Å². The minimum atomic E-state index is -0.312. The van der Waals surface area contributed by atoms with Gasteiger partial charge in [0, 0.05) is 59.0 Å². The number of rotatable bonds is 4. The second-order valence-electron chi connectivity index (χ2n) is 7.79. The number of para-hydroxylation sites is 1. The summed E-state index contributed by atoms with van der Waals surface area (Å²) < 4.78 is 20.1. The van der Waals surface area contributed by atoms with Crippen LogP contribution in [0.5, 0.6) is 0 Å². The van der Waals surface area contributed by atoms with Gasteiger partial charge in [-0.3, -0.25) is 4.79 Å². The van der Waals surface area contributed by atoms with Gasteiger partial charge in [0.05, 0.1) is 5.52 Å². The highest BCUT2D eigenvalue weighted by Crippen LogP contribution is 2.32. The number of hydrogen-bond donors (Lipinski definition) is 1. The van der Waals surface area contributed by atoms with Crippen molar-refractivity contribution in [2.24, 2.45) is 0 Å².